The second kappa shape index (κ2) is 7.53. The van der Waals surface area contributed by atoms with Gasteiger partial charge in [0.05, 0.1) is 10.9 Å². The molecule has 0 radical (unpaired) electrons. The highest BCUT2D eigenvalue weighted by Crippen LogP contribution is 2.28. The Hall–Kier alpha value is -2.28. The Kier molecular flexibility index (Phi) is 5.36. The quantitative estimate of drug-likeness (QED) is 0.643. The number of thiophene rings is 1. The largest absolute Gasteiger partial charge is 0.295 e. The SMILES string of the molecule is CC(=O)c1ccc(S(=O)(=O)NC(c2ccc(C)cc2)c2cccs2)cc1. The summed E-state index contributed by atoms with van der Waals surface area (Å²) in [6.07, 6.45) is 0. The summed E-state index contributed by atoms with van der Waals surface area (Å²) in [5.41, 5.74) is 2.47. The zero-order chi connectivity index (χ0) is 18.7. The van der Waals surface area contributed by atoms with Gasteiger partial charge in [0.25, 0.3) is 0 Å². The summed E-state index contributed by atoms with van der Waals surface area (Å²) in [6.45, 7) is 3.44. The first kappa shape index (κ1) is 18.5. The van der Waals surface area contributed by atoms with Crippen molar-refractivity contribution in [2.45, 2.75) is 24.8 Å². The lowest BCUT2D eigenvalue weighted by molar-refractivity contribution is 0.101. The molecule has 1 heterocycles. The normalized spacial score (nSPS) is 12.7. The van der Waals surface area contributed by atoms with Gasteiger partial charge in [-0.1, -0.05) is 48.0 Å². The molecule has 1 aromatic heterocycles. The van der Waals surface area contributed by atoms with Crippen LogP contribution in [0.1, 0.15) is 39.3 Å². The van der Waals surface area contributed by atoms with Gasteiger partial charge >= 0.3 is 0 Å². The van der Waals surface area contributed by atoms with E-state index in [4.69, 9.17) is 0 Å². The Balaban J connectivity index is 1.95. The molecule has 1 atom stereocenters. The molecule has 0 amide bonds. The second-order valence-corrected chi connectivity index (χ2v) is 8.75. The zero-order valence-electron chi connectivity index (χ0n) is 14.5. The van der Waals surface area contributed by atoms with Crippen molar-refractivity contribution in [2.75, 3.05) is 0 Å². The predicted octanol–water partition coefficient (Wildman–Crippen LogP) is 4.33. The van der Waals surface area contributed by atoms with Crippen LogP contribution in [0.25, 0.3) is 0 Å². The number of hydrogen-bond donors (Lipinski definition) is 1. The van der Waals surface area contributed by atoms with E-state index in [0.29, 0.717) is 5.56 Å². The molecule has 0 aliphatic carbocycles. The molecule has 0 bridgehead atoms. The molecule has 134 valence electrons. The van der Waals surface area contributed by atoms with Crippen molar-refractivity contribution >= 4 is 27.1 Å². The van der Waals surface area contributed by atoms with Crippen molar-refractivity contribution in [1.82, 2.24) is 4.72 Å². The molecular formula is C20H19NO3S2. The summed E-state index contributed by atoms with van der Waals surface area (Å²) in [4.78, 5) is 12.4. The van der Waals surface area contributed by atoms with Gasteiger partial charge in [-0.05, 0) is 43.0 Å². The average molecular weight is 386 g/mol. The molecule has 26 heavy (non-hydrogen) atoms. The smallest absolute Gasteiger partial charge is 0.241 e. The van der Waals surface area contributed by atoms with E-state index < -0.39 is 16.1 Å². The summed E-state index contributed by atoms with van der Waals surface area (Å²) >= 11 is 1.50. The monoisotopic (exact) mass is 385 g/mol. The minimum Gasteiger partial charge on any atom is -0.295 e. The van der Waals surface area contributed by atoms with Crippen LogP contribution < -0.4 is 4.72 Å². The van der Waals surface area contributed by atoms with Crippen LogP contribution in [0.15, 0.2) is 70.9 Å². The maximum Gasteiger partial charge on any atom is 0.241 e. The van der Waals surface area contributed by atoms with Crippen molar-refractivity contribution in [1.29, 1.82) is 0 Å². The number of carbonyl (C=O) groups is 1. The van der Waals surface area contributed by atoms with Gasteiger partial charge in [0, 0.05) is 10.4 Å². The number of rotatable bonds is 6. The molecule has 3 aromatic rings. The number of aryl methyl sites for hydroxylation is 1. The number of hydrogen-bond acceptors (Lipinski definition) is 4. The van der Waals surface area contributed by atoms with Gasteiger partial charge in [0.2, 0.25) is 10.0 Å². The van der Waals surface area contributed by atoms with E-state index in [1.807, 2.05) is 48.7 Å². The van der Waals surface area contributed by atoms with Crippen LogP contribution in [0.4, 0.5) is 0 Å². The summed E-state index contributed by atoms with van der Waals surface area (Å²) in [5.74, 6) is -0.0991. The maximum atomic E-state index is 12.9. The lowest BCUT2D eigenvalue weighted by Crippen LogP contribution is -2.29. The van der Waals surface area contributed by atoms with Crippen LogP contribution >= 0.6 is 11.3 Å². The van der Waals surface area contributed by atoms with Crippen LogP contribution in [0, 0.1) is 6.92 Å². The van der Waals surface area contributed by atoms with Crippen molar-refractivity contribution in [3.63, 3.8) is 0 Å². The van der Waals surface area contributed by atoms with E-state index in [1.165, 1.54) is 42.5 Å². The van der Waals surface area contributed by atoms with Crippen molar-refractivity contribution in [3.05, 3.63) is 87.6 Å². The second-order valence-electron chi connectivity index (χ2n) is 6.06. The minimum absolute atomic E-state index is 0.0991. The van der Waals surface area contributed by atoms with Gasteiger partial charge in [-0.15, -0.1) is 11.3 Å². The summed E-state index contributed by atoms with van der Waals surface area (Å²) in [5, 5.41) is 1.92. The molecule has 0 fully saturated rings. The Morgan fingerprint density at radius 2 is 1.65 bits per heavy atom. The molecule has 0 spiro atoms. The first-order chi connectivity index (χ1) is 12.4. The highest BCUT2D eigenvalue weighted by molar-refractivity contribution is 7.89. The van der Waals surface area contributed by atoms with Crippen molar-refractivity contribution in [2.24, 2.45) is 0 Å². The topological polar surface area (TPSA) is 63.2 Å². The Morgan fingerprint density at radius 3 is 2.19 bits per heavy atom. The van der Waals surface area contributed by atoms with E-state index in [9.17, 15) is 13.2 Å². The van der Waals surface area contributed by atoms with E-state index in [-0.39, 0.29) is 10.7 Å². The Bertz CT molecular complexity index is 990. The molecule has 1 unspecified atom stereocenters. The molecule has 3 rings (SSSR count). The van der Waals surface area contributed by atoms with E-state index >= 15 is 0 Å². The maximum absolute atomic E-state index is 12.9. The third-order valence-corrected chi connectivity index (χ3v) is 6.46. The lowest BCUT2D eigenvalue weighted by Gasteiger charge is -2.18. The van der Waals surface area contributed by atoms with Crippen molar-refractivity contribution < 1.29 is 13.2 Å². The van der Waals surface area contributed by atoms with Gasteiger partial charge in [0.1, 0.15) is 0 Å². The molecule has 6 heteroatoms. The molecule has 0 aliphatic rings. The van der Waals surface area contributed by atoms with Crippen LogP contribution in [0.2, 0.25) is 0 Å². The van der Waals surface area contributed by atoms with Gasteiger partial charge < -0.3 is 0 Å². The average Bonchev–Trinajstić information content (AvgIpc) is 3.15. The predicted molar refractivity (Wildman–Crippen MR) is 104 cm³/mol. The van der Waals surface area contributed by atoms with E-state index in [2.05, 4.69) is 4.72 Å². The molecule has 0 saturated heterocycles. The molecule has 4 nitrogen and oxygen atoms in total. The number of nitrogens with one attached hydrogen (secondary N) is 1. The number of ketones is 1. The van der Waals surface area contributed by atoms with Gasteiger partial charge in [0.15, 0.2) is 5.78 Å². The van der Waals surface area contributed by atoms with Crippen LogP contribution in [-0.2, 0) is 10.0 Å². The third kappa shape index (κ3) is 4.09. The number of benzene rings is 2. The highest BCUT2D eigenvalue weighted by Gasteiger charge is 2.23. The molecule has 0 saturated carbocycles. The van der Waals surface area contributed by atoms with Gasteiger partial charge in [-0.25, -0.2) is 8.42 Å². The lowest BCUT2D eigenvalue weighted by atomic mass is 10.0. The van der Waals surface area contributed by atoms with Crippen molar-refractivity contribution in [3.8, 4) is 0 Å². The number of sulfonamides is 1. The number of Topliss-reactive ketones (excluding diaryl/α,β-unsaturated/α-hetero) is 1. The Morgan fingerprint density at radius 1 is 1.00 bits per heavy atom. The zero-order valence-corrected chi connectivity index (χ0v) is 16.1. The first-order valence-corrected chi connectivity index (χ1v) is 10.5. The fourth-order valence-corrected chi connectivity index (χ4v) is 4.68. The number of carbonyl (C=O) groups excluding carboxylic acids is 1. The molecular weight excluding hydrogens is 366 g/mol. The fraction of sp³-hybridized carbons (Fsp3) is 0.150. The van der Waals surface area contributed by atoms with E-state index in [1.54, 1.807) is 0 Å². The Labute approximate surface area is 157 Å². The van der Waals surface area contributed by atoms with Crippen LogP contribution in [0.5, 0.6) is 0 Å². The van der Waals surface area contributed by atoms with Gasteiger partial charge in [-0.2, -0.15) is 4.72 Å². The molecule has 1 N–H and O–H groups in total. The fourth-order valence-electron chi connectivity index (χ4n) is 2.60. The molecule has 2 aromatic carbocycles. The van der Waals surface area contributed by atoms with Crippen LogP contribution in [0.3, 0.4) is 0 Å². The summed E-state index contributed by atoms with van der Waals surface area (Å²) in [6, 6.07) is 17.1. The summed E-state index contributed by atoms with van der Waals surface area (Å²) in [7, 11) is -3.74. The van der Waals surface area contributed by atoms with Gasteiger partial charge in [-0.3, -0.25) is 4.79 Å². The standard InChI is InChI=1S/C20H19NO3S2/c1-14-5-7-17(8-6-14)20(19-4-3-13-25-19)21-26(23,24)18-11-9-16(10-12-18)15(2)22/h3-13,20-21H,1-2H3. The first-order valence-electron chi connectivity index (χ1n) is 8.10. The summed E-state index contributed by atoms with van der Waals surface area (Å²) < 4.78 is 28.5. The molecule has 0 aliphatic heterocycles. The van der Waals surface area contributed by atoms with E-state index in [0.717, 1.165) is 16.0 Å². The highest BCUT2D eigenvalue weighted by atomic mass is 32.2. The van der Waals surface area contributed by atoms with Crippen LogP contribution in [-0.4, -0.2) is 14.2 Å². The minimum atomic E-state index is -3.74. The third-order valence-electron chi connectivity index (χ3n) is 4.08.